The summed E-state index contributed by atoms with van der Waals surface area (Å²) in [5.41, 5.74) is 4.66. The van der Waals surface area contributed by atoms with Gasteiger partial charge in [-0.1, -0.05) is 56.3 Å². The zero-order valence-corrected chi connectivity index (χ0v) is 16.9. The molecule has 0 aliphatic rings. The van der Waals surface area contributed by atoms with Crippen LogP contribution in [0.5, 0.6) is 17.2 Å². The lowest BCUT2D eigenvalue weighted by Crippen LogP contribution is -2.03. The fourth-order valence-electron chi connectivity index (χ4n) is 3.68. The summed E-state index contributed by atoms with van der Waals surface area (Å²) in [6, 6.07) is 22.1. The minimum absolute atomic E-state index is 0.170. The molecule has 0 spiro atoms. The summed E-state index contributed by atoms with van der Waals surface area (Å²) in [5.74, 6) is 1.26. The third-order valence-corrected chi connectivity index (χ3v) is 5.41. The molecule has 3 aromatic carbocycles. The first-order valence-corrected chi connectivity index (χ1v) is 10.0. The normalized spacial score (nSPS) is 13.8. The summed E-state index contributed by atoms with van der Waals surface area (Å²) in [6.45, 7) is 4.33. The van der Waals surface area contributed by atoms with Crippen molar-refractivity contribution in [2.75, 3.05) is 0 Å². The molecule has 2 atom stereocenters. The van der Waals surface area contributed by atoms with Gasteiger partial charge in [-0.3, -0.25) is 0 Å². The molecule has 2 unspecified atom stereocenters. The molecule has 0 saturated heterocycles. The van der Waals surface area contributed by atoms with E-state index in [1.165, 1.54) is 11.1 Å². The Hall–Kier alpha value is -3.20. The number of aromatic hydroxyl groups is 3. The number of hydrogen-bond donors (Lipinski definition) is 3. The Labute approximate surface area is 172 Å². The van der Waals surface area contributed by atoms with Gasteiger partial charge < -0.3 is 15.3 Å². The number of allylic oxidation sites excluding steroid dienone is 2. The molecule has 0 fully saturated rings. The van der Waals surface area contributed by atoms with Crippen molar-refractivity contribution in [3.8, 4) is 17.2 Å². The first-order valence-electron chi connectivity index (χ1n) is 10.0. The summed E-state index contributed by atoms with van der Waals surface area (Å²) in [5, 5.41) is 28.9. The molecule has 29 heavy (non-hydrogen) atoms. The lowest BCUT2D eigenvalue weighted by Gasteiger charge is -2.21. The Morgan fingerprint density at radius 1 is 0.724 bits per heavy atom. The maximum atomic E-state index is 9.69. The third kappa shape index (κ3) is 5.41. The molecule has 3 heteroatoms. The van der Waals surface area contributed by atoms with Crippen LogP contribution in [0.3, 0.4) is 0 Å². The molecule has 0 radical (unpaired) electrons. The van der Waals surface area contributed by atoms with Crippen LogP contribution in [0.25, 0.3) is 5.57 Å². The first-order chi connectivity index (χ1) is 14.0. The minimum atomic E-state index is 0.170. The molecule has 0 bridgehead atoms. The second-order valence-electron chi connectivity index (χ2n) is 7.52. The SMILES string of the molecule is CCC(=CC(CC(C)c1ccc(O)cc1)c1ccc(O)cc1)c1ccc(O)cc1. The number of hydrogen-bond acceptors (Lipinski definition) is 3. The monoisotopic (exact) mass is 388 g/mol. The van der Waals surface area contributed by atoms with E-state index in [9.17, 15) is 15.3 Å². The van der Waals surface area contributed by atoms with Crippen LogP contribution in [-0.2, 0) is 0 Å². The molecule has 150 valence electrons. The van der Waals surface area contributed by atoms with E-state index >= 15 is 0 Å². The van der Waals surface area contributed by atoms with Crippen LogP contribution in [0.1, 0.15) is 55.2 Å². The van der Waals surface area contributed by atoms with E-state index in [1.807, 2.05) is 36.4 Å². The average molecular weight is 389 g/mol. The topological polar surface area (TPSA) is 60.7 Å². The van der Waals surface area contributed by atoms with Crippen molar-refractivity contribution >= 4 is 5.57 Å². The Morgan fingerprint density at radius 2 is 1.17 bits per heavy atom. The summed E-state index contributed by atoms with van der Waals surface area (Å²) >= 11 is 0. The molecular weight excluding hydrogens is 360 g/mol. The van der Waals surface area contributed by atoms with Crippen molar-refractivity contribution in [3.63, 3.8) is 0 Å². The predicted octanol–water partition coefficient (Wildman–Crippen LogP) is 6.57. The van der Waals surface area contributed by atoms with E-state index in [0.717, 1.165) is 24.0 Å². The van der Waals surface area contributed by atoms with Gasteiger partial charge in [0.1, 0.15) is 17.2 Å². The highest BCUT2D eigenvalue weighted by Gasteiger charge is 2.16. The fourth-order valence-corrected chi connectivity index (χ4v) is 3.68. The standard InChI is InChI=1S/C26H28O3/c1-3-19(21-6-12-25(28)13-7-21)17-23(22-8-14-26(29)15-9-22)16-18(2)20-4-10-24(27)11-5-20/h4-15,17-18,23,27-29H,3,16H2,1-2H3. The van der Waals surface area contributed by atoms with Crippen molar-refractivity contribution in [1.29, 1.82) is 0 Å². The van der Waals surface area contributed by atoms with Crippen LogP contribution in [-0.4, -0.2) is 15.3 Å². The Bertz CT molecular complexity index is 939. The lowest BCUT2D eigenvalue weighted by atomic mass is 9.84. The van der Waals surface area contributed by atoms with Gasteiger partial charge in [-0.05, 0) is 77.4 Å². The van der Waals surface area contributed by atoms with Crippen LogP contribution in [0, 0.1) is 0 Å². The Kier molecular flexibility index (Phi) is 6.61. The third-order valence-electron chi connectivity index (χ3n) is 5.41. The maximum Gasteiger partial charge on any atom is 0.115 e. The second kappa shape index (κ2) is 9.33. The number of phenols is 3. The van der Waals surface area contributed by atoms with E-state index in [1.54, 1.807) is 36.4 Å². The van der Waals surface area contributed by atoms with Crippen LogP contribution >= 0.6 is 0 Å². The van der Waals surface area contributed by atoms with Crippen LogP contribution in [0.2, 0.25) is 0 Å². The van der Waals surface area contributed by atoms with Crippen molar-refractivity contribution in [3.05, 3.63) is 95.6 Å². The average Bonchev–Trinajstić information content (AvgIpc) is 2.73. The molecule has 3 aromatic rings. The van der Waals surface area contributed by atoms with E-state index < -0.39 is 0 Å². The second-order valence-corrected chi connectivity index (χ2v) is 7.52. The molecule has 0 amide bonds. The molecule has 0 heterocycles. The molecule has 3 nitrogen and oxygen atoms in total. The Morgan fingerprint density at radius 3 is 1.66 bits per heavy atom. The van der Waals surface area contributed by atoms with Gasteiger partial charge >= 0.3 is 0 Å². The minimum Gasteiger partial charge on any atom is -0.508 e. The van der Waals surface area contributed by atoms with Gasteiger partial charge in [-0.25, -0.2) is 0 Å². The number of rotatable bonds is 7. The van der Waals surface area contributed by atoms with Crippen molar-refractivity contribution in [2.24, 2.45) is 0 Å². The molecule has 0 aliphatic carbocycles. The molecule has 3 N–H and O–H groups in total. The van der Waals surface area contributed by atoms with Crippen molar-refractivity contribution in [1.82, 2.24) is 0 Å². The molecule has 0 saturated carbocycles. The summed E-state index contributed by atoms with van der Waals surface area (Å²) in [7, 11) is 0. The highest BCUT2D eigenvalue weighted by Crippen LogP contribution is 2.35. The molecule has 0 aliphatic heterocycles. The lowest BCUT2D eigenvalue weighted by molar-refractivity contribution is 0.474. The highest BCUT2D eigenvalue weighted by molar-refractivity contribution is 5.67. The zero-order chi connectivity index (χ0) is 20.8. The van der Waals surface area contributed by atoms with Crippen molar-refractivity contribution < 1.29 is 15.3 Å². The zero-order valence-electron chi connectivity index (χ0n) is 16.9. The van der Waals surface area contributed by atoms with Gasteiger partial charge in [0.2, 0.25) is 0 Å². The van der Waals surface area contributed by atoms with Crippen LogP contribution in [0.15, 0.2) is 78.9 Å². The number of benzene rings is 3. The number of phenolic OH excluding ortho intramolecular Hbond substituents is 3. The molecule has 0 aromatic heterocycles. The van der Waals surface area contributed by atoms with Gasteiger partial charge in [-0.2, -0.15) is 0 Å². The van der Waals surface area contributed by atoms with Gasteiger partial charge in [0.25, 0.3) is 0 Å². The highest BCUT2D eigenvalue weighted by atomic mass is 16.3. The summed E-state index contributed by atoms with van der Waals surface area (Å²) in [6.07, 6.45) is 4.08. The van der Waals surface area contributed by atoms with Crippen LogP contribution in [0.4, 0.5) is 0 Å². The van der Waals surface area contributed by atoms with E-state index in [0.29, 0.717) is 5.92 Å². The fraction of sp³-hybridized carbons (Fsp3) is 0.231. The largest absolute Gasteiger partial charge is 0.508 e. The smallest absolute Gasteiger partial charge is 0.115 e. The summed E-state index contributed by atoms with van der Waals surface area (Å²) in [4.78, 5) is 0. The van der Waals surface area contributed by atoms with E-state index in [4.69, 9.17) is 0 Å². The van der Waals surface area contributed by atoms with Gasteiger partial charge in [0.15, 0.2) is 0 Å². The molecule has 3 rings (SSSR count). The van der Waals surface area contributed by atoms with Gasteiger partial charge in [0.05, 0.1) is 0 Å². The van der Waals surface area contributed by atoms with E-state index in [-0.39, 0.29) is 23.2 Å². The quantitative estimate of drug-likeness (QED) is 0.429. The summed E-state index contributed by atoms with van der Waals surface area (Å²) < 4.78 is 0. The predicted molar refractivity (Wildman–Crippen MR) is 118 cm³/mol. The first kappa shape index (κ1) is 20.5. The van der Waals surface area contributed by atoms with Crippen LogP contribution < -0.4 is 0 Å². The van der Waals surface area contributed by atoms with Gasteiger partial charge in [0, 0.05) is 5.92 Å². The maximum absolute atomic E-state index is 9.69. The van der Waals surface area contributed by atoms with E-state index in [2.05, 4.69) is 19.9 Å². The van der Waals surface area contributed by atoms with Crippen molar-refractivity contribution in [2.45, 2.75) is 38.5 Å². The van der Waals surface area contributed by atoms with Gasteiger partial charge in [-0.15, -0.1) is 0 Å². The Balaban J connectivity index is 1.94. The molecular formula is C26H28O3.